The van der Waals surface area contributed by atoms with E-state index < -0.39 is 25.6 Å². The van der Waals surface area contributed by atoms with Gasteiger partial charge in [-0.05, 0) is 18.2 Å². The van der Waals surface area contributed by atoms with E-state index >= 15 is 0 Å². The number of nitro benzene ring substituents is 1. The number of nitrogens with zero attached hydrogens (tertiary/aromatic N) is 1. The standard InChI is InChI=1S/C12H9NO6S/c14-9-4-3-5-10(8-9)19-20(17,18)12-7-2-1-6-11(12)13(15)16/h1-8,14H. The van der Waals surface area contributed by atoms with Crippen molar-refractivity contribution in [2.45, 2.75) is 4.90 Å². The van der Waals surface area contributed by atoms with E-state index in [0.29, 0.717) is 0 Å². The van der Waals surface area contributed by atoms with Crippen molar-refractivity contribution < 1.29 is 22.6 Å². The van der Waals surface area contributed by atoms with Crippen molar-refractivity contribution in [2.24, 2.45) is 0 Å². The first-order chi connectivity index (χ1) is 9.40. The van der Waals surface area contributed by atoms with Gasteiger partial charge in [-0.3, -0.25) is 10.1 Å². The molecule has 0 heterocycles. The van der Waals surface area contributed by atoms with Crippen molar-refractivity contribution >= 4 is 15.8 Å². The fourth-order valence-corrected chi connectivity index (χ4v) is 2.62. The first-order valence-electron chi connectivity index (χ1n) is 5.37. The van der Waals surface area contributed by atoms with Crippen molar-refractivity contribution in [3.63, 3.8) is 0 Å². The molecule has 0 bridgehead atoms. The minimum atomic E-state index is -4.36. The Morgan fingerprint density at radius 3 is 2.45 bits per heavy atom. The van der Waals surface area contributed by atoms with Gasteiger partial charge in [-0.2, -0.15) is 8.42 Å². The summed E-state index contributed by atoms with van der Waals surface area (Å²) in [5.74, 6) is -0.316. The lowest BCUT2D eigenvalue weighted by molar-refractivity contribution is -0.387. The maximum Gasteiger partial charge on any atom is 0.346 e. The molecular formula is C12H9NO6S. The summed E-state index contributed by atoms with van der Waals surface area (Å²) in [5, 5.41) is 20.1. The molecule has 104 valence electrons. The molecule has 0 spiro atoms. The van der Waals surface area contributed by atoms with E-state index in [1.165, 1.54) is 30.3 Å². The molecule has 2 aromatic rings. The van der Waals surface area contributed by atoms with Crippen molar-refractivity contribution in [3.05, 3.63) is 58.6 Å². The maximum absolute atomic E-state index is 12.0. The number of para-hydroxylation sites is 1. The number of hydrogen-bond acceptors (Lipinski definition) is 6. The highest BCUT2D eigenvalue weighted by atomic mass is 32.2. The second kappa shape index (κ2) is 5.17. The van der Waals surface area contributed by atoms with Crippen LogP contribution in [0.25, 0.3) is 0 Å². The molecule has 0 saturated carbocycles. The first-order valence-corrected chi connectivity index (χ1v) is 6.78. The van der Waals surface area contributed by atoms with Gasteiger partial charge in [0.1, 0.15) is 11.5 Å². The van der Waals surface area contributed by atoms with Crippen LogP contribution in [-0.2, 0) is 10.1 Å². The zero-order valence-electron chi connectivity index (χ0n) is 9.96. The lowest BCUT2D eigenvalue weighted by atomic mass is 10.3. The summed E-state index contributed by atoms with van der Waals surface area (Å²) in [5.41, 5.74) is -0.576. The molecule has 0 saturated heterocycles. The number of benzene rings is 2. The molecule has 2 aromatic carbocycles. The van der Waals surface area contributed by atoms with Gasteiger partial charge in [-0.15, -0.1) is 0 Å². The zero-order valence-corrected chi connectivity index (χ0v) is 10.8. The molecule has 7 nitrogen and oxygen atoms in total. The van der Waals surface area contributed by atoms with Crippen LogP contribution in [0, 0.1) is 10.1 Å². The normalized spacial score (nSPS) is 11.0. The molecule has 0 aliphatic carbocycles. The molecule has 0 aliphatic rings. The van der Waals surface area contributed by atoms with Gasteiger partial charge in [0.05, 0.1) is 4.92 Å². The number of rotatable bonds is 4. The fourth-order valence-electron chi connectivity index (χ4n) is 1.53. The summed E-state index contributed by atoms with van der Waals surface area (Å²) in [6, 6.07) is 9.98. The molecule has 0 radical (unpaired) electrons. The topological polar surface area (TPSA) is 107 Å². The summed E-state index contributed by atoms with van der Waals surface area (Å²) < 4.78 is 28.8. The summed E-state index contributed by atoms with van der Waals surface area (Å²) in [4.78, 5) is 9.47. The molecule has 0 aliphatic heterocycles. The molecule has 1 N–H and O–H groups in total. The van der Waals surface area contributed by atoms with Crippen LogP contribution in [0.15, 0.2) is 53.4 Å². The van der Waals surface area contributed by atoms with E-state index in [-0.39, 0.29) is 11.5 Å². The predicted molar refractivity (Wildman–Crippen MR) is 69.0 cm³/mol. The minimum absolute atomic E-state index is 0.136. The van der Waals surface area contributed by atoms with Crippen LogP contribution < -0.4 is 4.18 Å². The Balaban J connectivity index is 2.44. The van der Waals surface area contributed by atoms with E-state index in [2.05, 4.69) is 0 Å². The highest BCUT2D eigenvalue weighted by molar-refractivity contribution is 7.87. The summed E-state index contributed by atoms with van der Waals surface area (Å²) in [6.07, 6.45) is 0. The van der Waals surface area contributed by atoms with E-state index in [4.69, 9.17) is 4.18 Å². The minimum Gasteiger partial charge on any atom is -0.508 e. The van der Waals surface area contributed by atoms with Crippen molar-refractivity contribution in [2.75, 3.05) is 0 Å². The van der Waals surface area contributed by atoms with Crippen molar-refractivity contribution in [1.82, 2.24) is 0 Å². The monoisotopic (exact) mass is 295 g/mol. The van der Waals surface area contributed by atoms with Crippen LogP contribution in [0.4, 0.5) is 5.69 Å². The van der Waals surface area contributed by atoms with Crippen LogP contribution >= 0.6 is 0 Å². The third kappa shape index (κ3) is 2.86. The third-order valence-electron chi connectivity index (χ3n) is 2.35. The summed E-state index contributed by atoms with van der Waals surface area (Å²) in [6.45, 7) is 0. The molecular weight excluding hydrogens is 286 g/mol. The molecule has 8 heteroatoms. The Kier molecular flexibility index (Phi) is 3.57. The smallest absolute Gasteiger partial charge is 0.346 e. The van der Waals surface area contributed by atoms with Crippen LogP contribution in [0.3, 0.4) is 0 Å². The van der Waals surface area contributed by atoms with Gasteiger partial charge in [0, 0.05) is 12.1 Å². The Labute approximate surface area is 114 Å². The lowest BCUT2D eigenvalue weighted by Crippen LogP contribution is -2.11. The van der Waals surface area contributed by atoms with Gasteiger partial charge in [-0.25, -0.2) is 0 Å². The average Bonchev–Trinajstić information content (AvgIpc) is 2.38. The predicted octanol–water partition coefficient (Wildman–Crippen LogP) is 2.07. The lowest BCUT2D eigenvalue weighted by Gasteiger charge is -2.07. The van der Waals surface area contributed by atoms with Crippen molar-refractivity contribution in [3.8, 4) is 11.5 Å². The molecule has 0 aromatic heterocycles. The van der Waals surface area contributed by atoms with Crippen LogP contribution in [0.1, 0.15) is 0 Å². The number of hydrogen-bond donors (Lipinski definition) is 1. The van der Waals surface area contributed by atoms with E-state index in [9.17, 15) is 23.6 Å². The number of phenolic OH excluding ortho intramolecular Hbond substituents is 1. The molecule has 20 heavy (non-hydrogen) atoms. The van der Waals surface area contributed by atoms with Gasteiger partial charge in [0.15, 0.2) is 4.90 Å². The van der Waals surface area contributed by atoms with Gasteiger partial charge in [0.25, 0.3) is 5.69 Å². The summed E-state index contributed by atoms with van der Waals surface area (Å²) >= 11 is 0. The van der Waals surface area contributed by atoms with E-state index in [1.807, 2.05) is 0 Å². The zero-order chi connectivity index (χ0) is 14.8. The summed E-state index contributed by atoms with van der Waals surface area (Å²) in [7, 11) is -4.36. The molecule has 2 rings (SSSR count). The SMILES string of the molecule is O=[N+]([O-])c1ccccc1S(=O)(=O)Oc1cccc(O)c1. The number of nitro groups is 1. The van der Waals surface area contributed by atoms with Crippen LogP contribution in [0.2, 0.25) is 0 Å². The van der Waals surface area contributed by atoms with E-state index in [0.717, 1.165) is 18.2 Å². The maximum atomic E-state index is 12.0. The Morgan fingerprint density at radius 1 is 1.10 bits per heavy atom. The van der Waals surface area contributed by atoms with Crippen LogP contribution in [-0.4, -0.2) is 18.4 Å². The third-order valence-corrected chi connectivity index (χ3v) is 3.65. The highest BCUT2D eigenvalue weighted by Gasteiger charge is 2.27. The Morgan fingerprint density at radius 2 is 1.80 bits per heavy atom. The van der Waals surface area contributed by atoms with Gasteiger partial charge >= 0.3 is 10.1 Å². The molecule has 0 unspecified atom stereocenters. The quantitative estimate of drug-likeness (QED) is 0.525. The Bertz CT molecular complexity index is 756. The van der Waals surface area contributed by atoms with E-state index in [1.54, 1.807) is 0 Å². The Hall–Kier alpha value is -2.61. The van der Waals surface area contributed by atoms with Gasteiger partial charge < -0.3 is 9.29 Å². The average molecular weight is 295 g/mol. The van der Waals surface area contributed by atoms with Gasteiger partial charge in [0.2, 0.25) is 0 Å². The molecule has 0 atom stereocenters. The van der Waals surface area contributed by atoms with Crippen molar-refractivity contribution in [1.29, 1.82) is 0 Å². The van der Waals surface area contributed by atoms with Gasteiger partial charge in [-0.1, -0.05) is 18.2 Å². The molecule has 0 fully saturated rings. The highest BCUT2D eigenvalue weighted by Crippen LogP contribution is 2.27. The van der Waals surface area contributed by atoms with Crippen LogP contribution in [0.5, 0.6) is 11.5 Å². The second-order valence-electron chi connectivity index (χ2n) is 3.76. The molecule has 0 amide bonds. The number of aromatic hydroxyl groups is 1. The largest absolute Gasteiger partial charge is 0.508 e. The number of phenols is 1. The second-order valence-corrected chi connectivity index (χ2v) is 5.27. The fraction of sp³-hybridized carbons (Fsp3) is 0. The first kappa shape index (κ1) is 13.8.